The Hall–Kier alpha value is -3.69. The lowest BCUT2D eigenvalue weighted by Gasteiger charge is -2.32. The van der Waals surface area contributed by atoms with Crippen LogP contribution in [0.3, 0.4) is 0 Å². The molecule has 9 nitrogen and oxygen atoms in total. The fraction of sp³-hybridized carbons (Fsp3) is 0.370. The molecule has 2 aromatic heterocycles. The van der Waals surface area contributed by atoms with E-state index in [1.165, 1.54) is 0 Å². The second kappa shape index (κ2) is 9.75. The van der Waals surface area contributed by atoms with Crippen molar-refractivity contribution in [2.45, 2.75) is 44.7 Å². The highest BCUT2D eigenvalue weighted by atomic mass is 16.5. The van der Waals surface area contributed by atoms with Crippen molar-refractivity contribution in [3.05, 3.63) is 77.2 Å². The van der Waals surface area contributed by atoms with Crippen molar-refractivity contribution in [2.75, 3.05) is 20.2 Å². The first-order valence-electron chi connectivity index (χ1n) is 12.4. The summed E-state index contributed by atoms with van der Waals surface area (Å²) in [5.41, 5.74) is 4.88. The number of likely N-dealkylation sites (tertiary alicyclic amines) is 1. The summed E-state index contributed by atoms with van der Waals surface area (Å²) >= 11 is 0. The predicted octanol–water partition coefficient (Wildman–Crippen LogP) is 3.43. The van der Waals surface area contributed by atoms with Crippen molar-refractivity contribution in [2.24, 2.45) is 0 Å². The zero-order valence-electron chi connectivity index (χ0n) is 20.3. The number of carbonyl (C=O) groups is 1. The summed E-state index contributed by atoms with van der Waals surface area (Å²) in [6.07, 6.45) is 3.67. The number of nitrogens with one attached hydrogen (secondary N) is 2. The molecule has 0 saturated carbocycles. The summed E-state index contributed by atoms with van der Waals surface area (Å²) in [7, 11) is 1.67. The Morgan fingerprint density at radius 3 is 2.81 bits per heavy atom. The monoisotopic (exact) mass is 486 g/mol. The quantitative estimate of drug-likeness (QED) is 0.433. The van der Waals surface area contributed by atoms with E-state index in [2.05, 4.69) is 25.5 Å². The third-order valence-corrected chi connectivity index (χ3v) is 7.28. The van der Waals surface area contributed by atoms with Gasteiger partial charge in [-0.15, -0.1) is 5.10 Å². The Labute approximate surface area is 209 Å². The van der Waals surface area contributed by atoms with Crippen LogP contribution in [0.15, 0.2) is 54.7 Å². The number of H-pyrrole nitrogens is 1. The Morgan fingerprint density at radius 2 is 2.00 bits per heavy atom. The summed E-state index contributed by atoms with van der Waals surface area (Å²) in [5.74, 6) is 0.826. The van der Waals surface area contributed by atoms with Gasteiger partial charge in [0.25, 0.3) is 5.91 Å². The molecule has 1 fully saturated rings. The molecule has 6 rings (SSSR count). The molecule has 2 aromatic carbocycles. The van der Waals surface area contributed by atoms with E-state index in [0.717, 1.165) is 66.1 Å². The molecule has 2 aliphatic heterocycles. The zero-order valence-corrected chi connectivity index (χ0v) is 20.3. The lowest BCUT2D eigenvalue weighted by molar-refractivity contribution is -0.00218. The number of aromatic nitrogens is 4. The van der Waals surface area contributed by atoms with Gasteiger partial charge in [-0.25, -0.2) is 4.68 Å². The van der Waals surface area contributed by atoms with Crippen LogP contribution in [0.25, 0.3) is 10.9 Å². The van der Waals surface area contributed by atoms with Crippen LogP contribution in [0.1, 0.15) is 46.3 Å². The summed E-state index contributed by atoms with van der Waals surface area (Å²) in [6.45, 7) is 3.71. The van der Waals surface area contributed by atoms with Crippen molar-refractivity contribution in [1.29, 1.82) is 0 Å². The van der Waals surface area contributed by atoms with Gasteiger partial charge in [0.15, 0.2) is 0 Å². The van der Waals surface area contributed by atoms with Gasteiger partial charge < -0.3 is 19.8 Å². The van der Waals surface area contributed by atoms with Crippen LogP contribution in [0.5, 0.6) is 5.75 Å². The van der Waals surface area contributed by atoms with Crippen LogP contribution >= 0.6 is 0 Å². The first-order valence-corrected chi connectivity index (χ1v) is 12.4. The van der Waals surface area contributed by atoms with Crippen LogP contribution in [-0.2, 0) is 24.4 Å². The highest BCUT2D eigenvalue weighted by Gasteiger charge is 2.27. The first-order chi connectivity index (χ1) is 17.7. The van der Waals surface area contributed by atoms with Crippen LogP contribution in [0.4, 0.5) is 0 Å². The second-order valence-corrected chi connectivity index (χ2v) is 9.54. The van der Waals surface area contributed by atoms with E-state index < -0.39 is 0 Å². The molecule has 0 bridgehead atoms. The van der Waals surface area contributed by atoms with Crippen molar-refractivity contribution in [3.8, 4) is 5.75 Å². The Balaban J connectivity index is 1.02. The number of hydrogen-bond donors (Lipinski definition) is 2. The van der Waals surface area contributed by atoms with E-state index in [-0.39, 0.29) is 18.1 Å². The molecule has 9 heteroatoms. The third-order valence-electron chi connectivity index (χ3n) is 7.28. The minimum atomic E-state index is -0.0460. The predicted molar refractivity (Wildman–Crippen MR) is 135 cm³/mol. The molecule has 2 N–H and O–H groups in total. The normalized spacial score (nSPS) is 18.8. The standard InChI is InChI=1S/C27H30N6O3/c1-35-22-5-2-18(3-6-22)26-16-33-25(17-36-26)24(30-31-33)15-32-12-9-21(10-13-32)29-27(34)20-4-7-23-19(14-20)8-11-28-23/h2-8,11,14,21,26,28H,9-10,12-13,15-17H2,1H3,(H,29,34)/t26-/m1/s1. The Morgan fingerprint density at radius 1 is 1.17 bits per heavy atom. The van der Waals surface area contributed by atoms with E-state index in [0.29, 0.717) is 18.7 Å². The number of benzene rings is 2. The lowest BCUT2D eigenvalue weighted by Crippen LogP contribution is -2.44. The average Bonchev–Trinajstić information content (AvgIpc) is 3.56. The van der Waals surface area contributed by atoms with Gasteiger partial charge in [-0.2, -0.15) is 0 Å². The summed E-state index contributed by atoms with van der Waals surface area (Å²) in [6, 6.07) is 15.9. The van der Waals surface area contributed by atoms with E-state index in [1.807, 2.05) is 59.4 Å². The number of nitrogens with zero attached hydrogens (tertiary/aromatic N) is 4. The summed E-state index contributed by atoms with van der Waals surface area (Å²) in [5, 5.41) is 13.2. The fourth-order valence-electron chi connectivity index (χ4n) is 5.12. The van der Waals surface area contributed by atoms with Gasteiger partial charge in [0.2, 0.25) is 0 Å². The maximum atomic E-state index is 12.8. The third kappa shape index (κ3) is 4.59. The number of aromatic amines is 1. The second-order valence-electron chi connectivity index (χ2n) is 9.54. The number of rotatable bonds is 6. The van der Waals surface area contributed by atoms with Crippen LogP contribution in [0, 0.1) is 0 Å². The SMILES string of the molecule is COc1ccc([C@H]2Cn3nnc(CN4CCC(NC(=O)c5ccc6[nH]ccc6c5)CC4)c3CO2)cc1. The smallest absolute Gasteiger partial charge is 0.251 e. The number of carbonyl (C=O) groups excluding carboxylic acids is 1. The Kier molecular flexibility index (Phi) is 6.16. The molecule has 2 aliphatic rings. The van der Waals surface area contributed by atoms with E-state index >= 15 is 0 Å². The van der Waals surface area contributed by atoms with E-state index in [9.17, 15) is 4.79 Å². The van der Waals surface area contributed by atoms with Crippen LogP contribution in [0.2, 0.25) is 0 Å². The molecule has 4 aromatic rings. The van der Waals surface area contributed by atoms with E-state index in [4.69, 9.17) is 9.47 Å². The number of hydrogen-bond acceptors (Lipinski definition) is 6. The molecule has 0 unspecified atom stereocenters. The highest BCUT2D eigenvalue weighted by Crippen LogP contribution is 2.29. The first kappa shape index (κ1) is 22.8. The largest absolute Gasteiger partial charge is 0.497 e. The molecule has 1 atom stereocenters. The van der Waals surface area contributed by atoms with Gasteiger partial charge in [0, 0.05) is 48.3 Å². The maximum Gasteiger partial charge on any atom is 0.251 e. The van der Waals surface area contributed by atoms with E-state index in [1.54, 1.807) is 7.11 Å². The fourth-order valence-corrected chi connectivity index (χ4v) is 5.12. The van der Waals surface area contributed by atoms with Gasteiger partial charge >= 0.3 is 0 Å². The van der Waals surface area contributed by atoms with Crippen molar-refractivity contribution < 1.29 is 14.3 Å². The van der Waals surface area contributed by atoms with Crippen molar-refractivity contribution in [1.82, 2.24) is 30.2 Å². The topological polar surface area (TPSA) is 97.3 Å². The molecule has 1 saturated heterocycles. The van der Waals surface area contributed by atoms with Gasteiger partial charge in [-0.05, 0) is 54.8 Å². The molecule has 0 radical (unpaired) electrons. The number of fused-ring (bicyclic) bond motifs is 2. The van der Waals surface area contributed by atoms with Gasteiger partial charge in [-0.3, -0.25) is 9.69 Å². The number of methoxy groups -OCH3 is 1. The maximum absolute atomic E-state index is 12.8. The number of piperidine rings is 1. The summed E-state index contributed by atoms with van der Waals surface area (Å²) in [4.78, 5) is 18.3. The molecular formula is C27H30N6O3. The van der Waals surface area contributed by atoms with Gasteiger partial charge in [0.05, 0.1) is 26.0 Å². The number of amides is 1. The lowest BCUT2D eigenvalue weighted by atomic mass is 10.0. The molecule has 0 aliphatic carbocycles. The highest BCUT2D eigenvalue weighted by molar-refractivity contribution is 5.98. The molecule has 1 amide bonds. The molecule has 0 spiro atoms. The van der Waals surface area contributed by atoms with Crippen LogP contribution in [-0.4, -0.2) is 57.0 Å². The molecule has 186 valence electrons. The van der Waals surface area contributed by atoms with Crippen molar-refractivity contribution in [3.63, 3.8) is 0 Å². The number of ether oxygens (including phenoxy) is 2. The molecular weight excluding hydrogens is 456 g/mol. The van der Waals surface area contributed by atoms with Crippen LogP contribution < -0.4 is 10.1 Å². The Bertz CT molecular complexity index is 1350. The van der Waals surface area contributed by atoms with Gasteiger partial charge in [0.1, 0.15) is 17.5 Å². The molecule has 36 heavy (non-hydrogen) atoms. The minimum Gasteiger partial charge on any atom is -0.497 e. The zero-order chi connectivity index (χ0) is 24.5. The van der Waals surface area contributed by atoms with Gasteiger partial charge in [-0.1, -0.05) is 17.3 Å². The molecule has 4 heterocycles. The van der Waals surface area contributed by atoms with Crippen molar-refractivity contribution >= 4 is 16.8 Å². The summed E-state index contributed by atoms with van der Waals surface area (Å²) < 4.78 is 13.4. The average molecular weight is 487 g/mol. The minimum absolute atomic E-state index is 0.00696.